The Morgan fingerprint density at radius 1 is 0.200 bits per heavy atom. The highest BCUT2D eigenvalue weighted by Crippen LogP contribution is 2.70. The number of hydrogen-bond acceptors (Lipinski definition) is 10. The van der Waals surface area contributed by atoms with E-state index in [1.165, 1.54) is 77.9 Å². The molecule has 0 amide bonds. The molecule has 0 unspecified atom stereocenters. The molecule has 24 rings (SSSR count). The second kappa shape index (κ2) is 30.8. The van der Waals surface area contributed by atoms with E-state index in [0.717, 1.165) is 102 Å². The zero-order valence-electron chi connectivity index (χ0n) is 64.3. The lowest BCUT2D eigenvalue weighted by atomic mass is 9.63. The van der Waals surface area contributed by atoms with Gasteiger partial charge in [0.25, 0.3) is 0 Å². The first kappa shape index (κ1) is 73.5. The third-order valence-corrected chi connectivity index (χ3v) is 23.4. The van der Waals surface area contributed by atoms with Crippen LogP contribution in [0.3, 0.4) is 0 Å². The smallest absolute Gasteiger partial charge is 0.164 e. The summed E-state index contributed by atoms with van der Waals surface area (Å²) in [5.74, 6) is 7.27. The summed E-state index contributed by atoms with van der Waals surface area (Å²) in [6.07, 6.45) is 0. The van der Waals surface area contributed by atoms with Gasteiger partial charge in [-0.25, -0.2) is 29.9 Å². The zero-order valence-corrected chi connectivity index (χ0v) is 67.3. The van der Waals surface area contributed by atoms with E-state index in [-0.39, 0.29) is 10.7 Å². The van der Waals surface area contributed by atoms with Gasteiger partial charge in [-0.1, -0.05) is 340 Å². The summed E-state index contributed by atoms with van der Waals surface area (Å²) in [5, 5.41) is 0.389. The fourth-order valence-electron chi connectivity index (χ4n) is 18.8. The van der Waals surface area contributed by atoms with Gasteiger partial charge in [0.1, 0.15) is 0 Å². The van der Waals surface area contributed by atoms with Gasteiger partial charge in [-0.05, 0) is 138 Å². The van der Waals surface area contributed by atoms with Crippen molar-refractivity contribution < 1.29 is 9.47 Å². The number of alkyl halides is 4. The van der Waals surface area contributed by atoms with E-state index < -0.39 is 10.8 Å². The monoisotopic (exact) mass is 1620 g/mol. The lowest BCUT2D eigenvalue weighted by Crippen LogP contribution is -2.37. The molecular weight excluding hydrogens is 1560 g/mol. The number of hydrogen-bond donors (Lipinski definition) is 0. The van der Waals surface area contributed by atoms with Crippen molar-refractivity contribution >= 4 is 80.5 Å². The molecule has 2 aliphatic carbocycles. The summed E-state index contributed by atoms with van der Waals surface area (Å²) in [6, 6.07) is 137. The molecule has 0 N–H and O–H groups in total. The molecule has 16 aromatic carbocycles. The van der Waals surface area contributed by atoms with Crippen molar-refractivity contribution in [3.05, 3.63) is 433 Å². The third-order valence-electron chi connectivity index (χ3n) is 23.4. The van der Waals surface area contributed by atoms with E-state index in [2.05, 4.69) is 265 Å². The molecule has 6 aliphatic rings. The van der Waals surface area contributed by atoms with Crippen molar-refractivity contribution in [1.29, 1.82) is 0 Å². The van der Waals surface area contributed by atoms with Crippen LogP contribution in [0.1, 0.15) is 44.5 Å². The highest BCUT2D eigenvalue weighted by atomic mass is 35.5. The molecule has 6 heterocycles. The molecular formula is C106H68Cl4N8O2. The Labute approximate surface area is 714 Å². The largest absolute Gasteiger partial charge is 0.453 e. The molecule has 0 radical (unpaired) electrons. The first-order valence-electron chi connectivity index (χ1n) is 39.6. The number of para-hydroxylation sites is 8. The quantitative estimate of drug-likeness (QED) is 0.137. The van der Waals surface area contributed by atoms with Gasteiger partial charge in [0.05, 0.1) is 55.6 Å². The number of nitrogens with zero attached hydrogens (tertiary/aromatic N) is 8. The molecule has 2 spiro atoms. The Morgan fingerprint density at radius 3 is 0.775 bits per heavy atom. The van der Waals surface area contributed by atoms with Crippen molar-refractivity contribution in [2.75, 3.05) is 20.5 Å². The van der Waals surface area contributed by atoms with Crippen molar-refractivity contribution in [2.24, 2.45) is 0 Å². The van der Waals surface area contributed by atoms with E-state index in [1.54, 1.807) is 0 Å². The van der Waals surface area contributed by atoms with Gasteiger partial charge in [-0.15, -0.1) is 46.4 Å². The van der Waals surface area contributed by atoms with Gasteiger partial charge in [0.15, 0.2) is 57.9 Å². The maximum Gasteiger partial charge on any atom is 0.164 e. The summed E-state index contributed by atoms with van der Waals surface area (Å²) in [7, 11) is 0. The molecule has 18 aromatic rings. The van der Waals surface area contributed by atoms with Crippen molar-refractivity contribution in [3.63, 3.8) is 0 Å². The summed E-state index contributed by atoms with van der Waals surface area (Å²) in [6.45, 7) is 0. The van der Waals surface area contributed by atoms with Crippen LogP contribution in [0, 0.1) is 0 Å². The van der Waals surface area contributed by atoms with Crippen LogP contribution in [-0.2, 0) is 10.8 Å². The fourth-order valence-corrected chi connectivity index (χ4v) is 18.8. The Hall–Kier alpha value is -14.1. The molecule has 0 saturated carbocycles. The van der Waals surface area contributed by atoms with Crippen LogP contribution in [-0.4, -0.2) is 40.6 Å². The van der Waals surface area contributed by atoms with Gasteiger partial charge in [-0.3, -0.25) is 0 Å². The Kier molecular flexibility index (Phi) is 18.8. The molecule has 2 atom stereocenters. The fraction of sp³-hybridized carbons (Fsp3) is 0.0377. The van der Waals surface area contributed by atoms with Gasteiger partial charge < -0.3 is 19.3 Å². The molecule has 120 heavy (non-hydrogen) atoms. The van der Waals surface area contributed by atoms with E-state index in [4.69, 9.17) is 85.8 Å². The molecule has 0 saturated heterocycles. The summed E-state index contributed by atoms with van der Waals surface area (Å²) in [5.41, 5.74) is 30.5. The van der Waals surface area contributed by atoms with Crippen molar-refractivity contribution in [1.82, 2.24) is 29.9 Å². The first-order valence-corrected chi connectivity index (χ1v) is 41.8. The maximum atomic E-state index is 6.70. The van der Waals surface area contributed by atoms with E-state index in [1.807, 2.05) is 133 Å². The Balaban J connectivity index is 0.000000140. The number of anilines is 6. The minimum atomic E-state index is -0.612. The number of halogens is 4. The van der Waals surface area contributed by atoms with Crippen molar-refractivity contribution in [2.45, 2.75) is 10.8 Å². The average Bonchev–Trinajstić information content (AvgIpc) is 1.46. The van der Waals surface area contributed by atoms with Crippen LogP contribution < -0.4 is 19.3 Å². The molecule has 572 valence electrons. The SMILES string of the molecule is ClCCl.ClCCl.c1ccc(-c2nc(-c3ccccc3)nc(-c3ccc(-c4cccc5c4[C@@]4(c6ccccc6-5)c5ccccc5N5c6ccccc6Oc6cccc4c65)cc3)n2)cc1.c1ccc(-c2nc(-c3ccccc3)nc(-c3ccc(-c4cccc5c4[C@]4(c6ccccc6-5)c5ccccc5N5c6ccccc6Oc6cccc4c65)cc3)n2)cc1. The van der Waals surface area contributed by atoms with Crippen LogP contribution in [0.25, 0.3) is 113 Å². The molecule has 10 nitrogen and oxygen atoms in total. The van der Waals surface area contributed by atoms with Crippen LogP contribution in [0.4, 0.5) is 34.1 Å². The zero-order chi connectivity index (χ0) is 80.4. The molecule has 0 fully saturated rings. The normalized spacial score (nSPS) is 14.7. The lowest BCUT2D eigenvalue weighted by molar-refractivity contribution is 0.473. The van der Waals surface area contributed by atoms with Crippen LogP contribution in [0.15, 0.2) is 388 Å². The number of ether oxygens (including phenoxy) is 2. The summed E-state index contributed by atoms with van der Waals surface area (Å²) >= 11 is 19.1. The minimum Gasteiger partial charge on any atom is -0.453 e. The molecule has 0 bridgehead atoms. The molecule has 14 heteroatoms. The second-order valence-corrected chi connectivity index (χ2v) is 31.2. The molecule has 2 aromatic heterocycles. The Morgan fingerprint density at radius 2 is 0.433 bits per heavy atom. The highest BCUT2D eigenvalue weighted by molar-refractivity contribution is 6.41. The topological polar surface area (TPSA) is 102 Å². The van der Waals surface area contributed by atoms with Gasteiger partial charge in [0.2, 0.25) is 0 Å². The molecule has 4 aliphatic heterocycles. The number of benzene rings is 16. The first-order chi connectivity index (χ1) is 59.4. The van der Waals surface area contributed by atoms with Crippen LogP contribution in [0.2, 0.25) is 0 Å². The highest BCUT2D eigenvalue weighted by Gasteiger charge is 2.56. The Bertz CT molecular complexity index is 6470. The van der Waals surface area contributed by atoms with Crippen molar-refractivity contribution in [3.8, 4) is 136 Å². The van der Waals surface area contributed by atoms with E-state index in [9.17, 15) is 0 Å². The van der Waals surface area contributed by atoms with Crippen LogP contribution in [0.5, 0.6) is 23.0 Å². The van der Waals surface area contributed by atoms with Gasteiger partial charge in [0, 0.05) is 33.4 Å². The summed E-state index contributed by atoms with van der Waals surface area (Å²) < 4.78 is 13.4. The lowest BCUT2D eigenvalue weighted by Gasteiger charge is -2.47. The van der Waals surface area contributed by atoms with E-state index >= 15 is 0 Å². The summed E-state index contributed by atoms with van der Waals surface area (Å²) in [4.78, 5) is 34.7. The minimum absolute atomic E-state index is 0.194. The predicted octanol–water partition coefficient (Wildman–Crippen LogP) is 28.4. The number of fused-ring (bicyclic) bond motifs is 22. The van der Waals surface area contributed by atoms with Crippen LogP contribution >= 0.6 is 46.4 Å². The number of rotatable bonds is 8. The van der Waals surface area contributed by atoms with E-state index in [0.29, 0.717) is 34.9 Å². The predicted molar refractivity (Wildman–Crippen MR) is 488 cm³/mol. The average molecular weight is 1630 g/mol. The number of aromatic nitrogens is 6. The maximum absolute atomic E-state index is 6.70. The standard InChI is InChI=1S/2C52H32N4O.2CH2Cl2/c2*1-3-15-34(16-4-1)49-53-50(35-17-5-2-6-18-35)55-51(54-49)36-31-29-33(30-32-36)37-20-13-21-39-38-19-7-8-22-40(38)52(47(37)39)41-23-9-10-25-43(41)56-44-26-11-12-27-45(44)57-46-28-14-24-42(52)48(46)56;2*2-1-3/h2*1-32H;2*1H2/t2*52-;;/m10../s1. The van der Waals surface area contributed by atoms with Gasteiger partial charge in [-0.2, -0.15) is 0 Å². The van der Waals surface area contributed by atoms with Gasteiger partial charge >= 0.3 is 0 Å². The third kappa shape index (κ3) is 11.9. The second-order valence-electron chi connectivity index (χ2n) is 29.6.